The maximum absolute atomic E-state index is 12.9. The van der Waals surface area contributed by atoms with E-state index in [2.05, 4.69) is 0 Å². The summed E-state index contributed by atoms with van der Waals surface area (Å²) in [6.45, 7) is 3.87. The van der Waals surface area contributed by atoms with Crippen molar-refractivity contribution in [1.29, 1.82) is 0 Å². The number of ether oxygens (including phenoxy) is 2. The molecular weight excluding hydrogens is 348 g/mol. The van der Waals surface area contributed by atoms with Crippen LogP contribution in [0.4, 0.5) is 0 Å². The van der Waals surface area contributed by atoms with Crippen LogP contribution < -0.4 is 9.47 Å². The highest BCUT2D eigenvalue weighted by Crippen LogP contribution is 2.46. The second-order valence-corrected chi connectivity index (χ2v) is 6.71. The highest BCUT2D eigenvalue weighted by Gasteiger charge is 2.40. The zero-order valence-electron chi connectivity index (χ0n) is 15.4. The molecule has 0 radical (unpaired) electrons. The first-order chi connectivity index (χ1) is 12.8. The molecule has 0 amide bonds. The Hall–Kier alpha value is -2.99. The molecule has 0 fully saturated rings. The zero-order chi connectivity index (χ0) is 19.7. The van der Waals surface area contributed by atoms with E-state index in [0.717, 1.165) is 5.57 Å². The molecule has 0 aliphatic carbocycles. The summed E-state index contributed by atoms with van der Waals surface area (Å²) in [4.78, 5) is 12.9. The van der Waals surface area contributed by atoms with E-state index in [1.54, 1.807) is 12.1 Å². The molecule has 0 spiro atoms. The second-order valence-electron chi connectivity index (χ2n) is 6.71. The van der Waals surface area contributed by atoms with Gasteiger partial charge in [-0.2, -0.15) is 0 Å². The monoisotopic (exact) mass is 370 g/mol. The smallest absolute Gasteiger partial charge is 0.202 e. The predicted octanol–water partition coefficient (Wildman–Crippen LogP) is 3.29. The third-order valence-electron chi connectivity index (χ3n) is 4.53. The minimum absolute atomic E-state index is 0.0447. The number of carbonyl (C=O) groups excluding carboxylic acids is 1. The lowest BCUT2D eigenvalue weighted by Gasteiger charge is -2.32. The van der Waals surface area contributed by atoms with Gasteiger partial charge in [-0.15, -0.1) is 0 Å². The fourth-order valence-electron chi connectivity index (χ4n) is 3.08. The summed E-state index contributed by atoms with van der Waals surface area (Å²) in [6.07, 6.45) is -0.109. The molecule has 1 aliphatic rings. The minimum atomic E-state index is -1.43. The van der Waals surface area contributed by atoms with Crippen LogP contribution in [0.5, 0.6) is 23.0 Å². The van der Waals surface area contributed by atoms with Gasteiger partial charge in [-0.3, -0.25) is 4.79 Å². The molecule has 0 saturated heterocycles. The minimum Gasteiger partial charge on any atom is -0.508 e. The molecule has 27 heavy (non-hydrogen) atoms. The number of aliphatic hydroxyl groups is 1. The van der Waals surface area contributed by atoms with Gasteiger partial charge in [-0.1, -0.05) is 23.8 Å². The summed E-state index contributed by atoms with van der Waals surface area (Å²) in [7, 11) is 1.39. The van der Waals surface area contributed by atoms with Gasteiger partial charge in [0.15, 0.2) is 12.2 Å². The number of benzene rings is 2. The number of methoxy groups -OCH3 is 1. The summed E-state index contributed by atoms with van der Waals surface area (Å²) < 4.78 is 11.2. The van der Waals surface area contributed by atoms with E-state index in [1.165, 1.54) is 25.3 Å². The second kappa shape index (κ2) is 7.32. The van der Waals surface area contributed by atoms with E-state index in [1.807, 2.05) is 19.9 Å². The third kappa shape index (κ3) is 3.48. The van der Waals surface area contributed by atoms with Crippen LogP contribution in [0.25, 0.3) is 0 Å². The number of carbonyl (C=O) groups is 1. The summed E-state index contributed by atoms with van der Waals surface area (Å²) in [6, 6.07) is 7.44. The largest absolute Gasteiger partial charge is 0.508 e. The first-order valence-corrected chi connectivity index (χ1v) is 8.57. The highest BCUT2D eigenvalue weighted by molar-refractivity contribution is 6.06. The van der Waals surface area contributed by atoms with Crippen LogP contribution in [0, 0.1) is 0 Å². The maximum atomic E-state index is 12.9. The predicted molar refractivity (Wildman–Crippen MR) is 99.6 cm³/mol. The van der Waals surface area contributed by atoms with Crippen molar-refractivity contribution < 1.29 is 29.6 Å². The number of aromatic hydroxyl groups is 2. The Kier molecular flexibility index (Phi) is 5.10. The lowest BCUT2D eigenvalue weighted by Crippen LogP contribution is -2.37. The van der Waals surface area contributed by atoms with E-state index in [-0.39, 0.29) is 28.6 Å². The van der Waals surface area contributed by atoms with Crippen molar-refractivity contribution in [3.05, 3.63) is 58.7 Å². The number of phenols is 2. The van der Waals surface area contributed by atoms with Gasteiger partial charge in [0.2, 0.25) is 5.78 Å². The molecule has 1 heterocycles. The van der Waals surface area contributed by atoms with Gasteiger partial charge >= 0.3 is 0 Å². The lowest BCUT2D eigenvalue weighted by molar-refractivity contribution is 0.0206. The van der Waals surface area contributed by atoms with E-state index in [9.17, 15) is 20.1 Å². The number of rotatable bonds is 4. The van der Waals surface area contributed by atoms with Crippen LogP contribution >= 0.6 is 0 Å². The molecule has 0 unspecified atom stereocenters. The zero-order valence-corrected chi connectivity index (χ0v) is 15.4. The van der Waals surface area contributed by atoms with Crippen LogP contribution in [0.15, 0.2) is 42.0 Å². The van der Waals surface area contributed by atoms with Crippen molar-refractivity contribution in [1.82, 2.24) is 0 Å². The third-order valence-corrected chi connectivity index (χ3v) is 4.53. The molecule has 3 rings (SSSR count). The topological polar surface area (TPSA) is 96.2 Å². The average Bonchev–Trinajstić information content (AvgIpc) is 2.63. The Bertz CT molecular complexity index is 894. The van der Waals surface area contributed by atoms with Crippen LogP contribution in [-0.2, 0) is 6.42 Å². The number of aliphatic hydroxyl groups excluding tert-OH is 1. The molecule has 6 heteroatoms. The maximum Gasteiger partial charge on any atom is 0.202 e. The molecule has 1 aliphatic heterocycles. The highest BCUT2D eigenvalue weighted by atomic mass is 16.5. The molecule has 6 nitrogen and oxygen atoms in total. The Labute approximate surface area is 157 Å². The van der Waals surface area contributed by atoms with Gasteiger partial charge in [-0.05, 0) is 38.0 Å². The lowest BCUT2D eigenvalue weighted by atomic mass is 9.90. The fourth-order valence-corrected chi connectivity index (χ4v) is 3.08. The van der Waals surface area contributed by atoms with Crippen LogP contribution in [0.3, 0.4) is 0 Å². The Morgan fingerprint density at radius 2 is 1.89 bits per heavy atom. The van der Waals surface area contributed by atoms with Crippen molar-refractivity contribution in [2.75, 3.05) is 7.11 Å². The van der Waals surface area contributed by atoms with Gasteiger partial charge in [-0.25, -0.2) is 0 Å². The molecule has 0 saturated carbocycles. The Morgan fingerprint density at radius 3 is 2.48 bits per heavy atom. The molecular formula is C21H22O6. The van der Waals surface area contributed by atoms with Gasteiger partial charge in [0.05, 0.1) is 7.11 Å². The quantitative estimate of drug-likeness (QED) is 0.715. The van der Waals surface area contributed by atoms with Crippen LogP contribution in [0.2, 0.25) is 0 Å². The molecule has 0 bridgehead atoms. The number of fused-ring (bicyclic) bond motifs is 1. The molecule has 142 valence electrons. The number of Topliss-reactive ketones (excluding diaryl/α,β-unsaturated/α-hetero) is 1. The van der Waals surface area contributed by atoms with Crippen LogP contribution in [-0.4, -0.2) is 34.3 Å². The van der Waals surface area contributed by atoms with E-state index in [0.29, 0.717) is 17.5 Å². The van der Waals surface area contributed by atoms with Gasteiger partial charge < -0.3 is 24.8 Å². The van der Waals surface area contributed by atoms with Crippen molar-refractivity contribution in [3.63, 3.8) is 0 Å². The van der Waals surface area contributed by atoms with Crippen LogP contribution in [0.1, 0.15) is 41.4 Å². The van der Waals surface area contributed by atoms with Gasteiger partial charge in [0, 0.05) is 11.6 Å². The summed E-state index contributed by atoms with van der Waals surface area (Å²) in [5.74, 6) is -0.157. The molecule has 3 N–H and O–H groups in total. The summed E-state index contributed by atoms with van der Waals surface area (Å²) in [5.41, 5.74) is 2.16. The Morgan fingerprint density at radius 1 is 1.22 bits per heavy atom. The number of hydrogen-bond donors (Lipinski definition) is 3. The molecule has 2 atom stereocenters. The number of hydrogen-bond acceptors (Lipinski definition) is 6. The van der Waals surface area contributed by atoms with E-state index >= 15 is 0 Å². The van der Waals surface area contributed by atoms with Crippen molar-refractivity contribution in [2.45, 2.75) is 32.5 Å². The van der Waals surface area contributed by atoms with E-state index < -0.39 is 18.0 Å². The number of ketones is 1. The fraction of sp³-hybridized carbons (Fsp3) is 0.286. The molecule has 2 aromatic carbocycles. The van der Waals surface area contributed by atoms with Gasteiger partial charge in [0.25, 0.3) is 0 Å². The Balaban J connectivity index is 2.15. The SMILES string of the molecule is COc1cc(O)c(CC=C(C)C)c2c1C(=O)[C@H](O)[C@@H](c1ccc(O)cc1)O2. The summed E-state index contributed by atoms with van der Waals surface area (Å²) >= 11 is 0. The summed E-state index contributed by atoms with van der Waals surface area (Å²) in [5, 5.41) is 30.5. The first kappa shape index (κ1) is 18.8. The van der Waals surface area contributed by atoms with Crippen molar-refractivity contribution >= 4 is 5.78 Å². The molecule has 0 aromatic heterocycles. The molecule has 2 aromatic rings. The van der Waals surface area contributed by atoms with Gasteiger partial charge in [0.1, 0.15) is 28.6 Å². The number of allylic oxidation sites excluding steroid dienone is 2. The first-order valence-electron chi connectivity index (χ1n) is 8.57. The van der Waals surface area contributed by atoms with E-state index in [4.69, 9.17) is 9.47 Å². The average molecular weight is 370 g/mol. The normalized spacial score (nSPS) is 18.4. The standard InChI is InChI=1S/C21H22O6/c1-11(2)4-9-14-15(23)10-16(26-3)17-18(24)19(25)20(27-21(14)17)12-5-7-13(22)8-6-12/h4-8,10,19-20,22-23,25H,9H2,1-3H3/t19-,20+/m0/s1. The number of phenolic OH excluding ortho intramolecular Hbond substituents is 2. The van der Waals surface area contributed by atoms with Crippen molar-refractivity contribution in [3.8, 4) is 23.0 Å². The van der Waals surface area contributed by atoms with Crippen molar-refractivity contribution in [2.24, 2.45) is 0 Å².